The van der Waals surface area contributed by atoms with Crippen LogP contribution in [0, 0.1) is 11.8 Å². The maximum atomic E-state index is 11.4. The molecular weight excluding hydrogens is 456 g/mol. The number of hydrogen-bond donors (Lipinski definition) is 2. The van der Waals surface area contributed by atoms with Gasteiger partial charge in [0.25, 0.3) is 0 Å². The zero-order valence-corrected chi connectivity index (χ0v) is 24.7. The molecule has 0 fully saturated rings. The van der Waals surface area contributed by atoms with Crippen molar-refractivity contribution in [3.8, 4) is 11.8 Å². The van der Waals surface area contributed by atoms with Crippen molar-refractivity contribution in [3.63, 3.8) is 0 Å². The van der Waals surface area contributed by atoms with E-state index in [9.17, 15) is 28.7 Å². The molecule has 31 heavy (non-hydrogen) atoms. The molecule has 162 valence electrons. The van der Waals surface area contributed by atoms with Crippen LogP contribution in [0.4, 0.5) is 0 Å². The third-order valence-electron chi connectivity index (χ3n) is 4.45. The summed E-state index contributed by atoms with van der Waals surface area (Å²) >= 11 is 0. The topological polar surface area (TPSA) is 121 Å². The minimum atomic E-state index is -5.59. The molecule has 0 saturated carbocycles. The Bertz CT molecular complexity index is 797. The van der Waals surface area contributed by atoms with Crippen molar-refractivity contribution in [1.29, 1.82) is 0 Å². The Morgan fingerprint density at radius 2 is 1.45 bits per heavy atom. The van der Waals surface area contributed by atoms with Crippen molar-refractivity contribution in [3.05, 3.63) is 40.4 Å². The number of rotatable bonds is 12. The molecular formula is C21H30Na2O6P2. The Hall–Kier alpha value is 0.820. The Morgan fingerprint density at radius 3 is 1.97 bits per heavy atom. The van der Waals surface area contributed by atoms with Crippen LogP contribution in [0.2, 0.25) is 0 Å². The smallest absolute Gasteiger partial charge is 0.807 e. The summed E-state index contributed by atoms with van der Waals surface area (Å²) in [6, 6.07) is 6.35. The minimum Gasteiger partial charge on any atom is -0.807 e. The van der Waals surface area contributed by atoms with Crippen LogP contribution in [-0.4, -0.2) is 9.79 Å². The summed E-state index contributed by atoms with van der Waals surface area (Å²) in [5.74, 6) is 5.92. The van der Waals surface area contributed by atoms with Crippen LogP contribution < -0.4 is 68.9 Å². The predicted octanol–water partition coefficient (Wildman–Crippen LogP) is -1.64. The van der Waals surface area contributed by atoms with E-state index in [-0.39, 0.29) is 64.7 Å². The van der Waals surface area contributed by atoms with E-state index < -0.39 is 20.2 Å². The van der Waals surface area contributed by atoms with Crippen molar-refractivity contribution in [2.45, 2.75) is 71.1 Å². The first-order chi connectivity index (χ1) is 13.7. The molecule has 0 bridgehead atoms. The van der Waals surface area contributed by atoms with E-state index in [2.05, 4.69) is 18.8 Å². The normalized spacial score (nSPS) is 11.7. The van der Waals surface area contributed by atoms with Gasteiger partial charge in [-0.1, -0.05) is 88.3 Å². The molecule has 6 nitrogen and oxygen atoms in total. The van der Waals surface area contributed by atoms with E-state index in [4.69, 9.17) is 0 Å². The molecule has 1 rings (SSSR count). The van der Waals surface area contributed by atoms with Crippen LogP contribution >= 0.6 is 15.2 Å². The van der Waals surface area contributed by atoms with Gasteiger partial charge < -0.3 is 24.1 Å². The molecule has 10 heteroatoms. The van der Waals surface area contributed by atoms with Crippen LogP contribution in [0.15, 0.2) is 29.3 Å². The first-order valence-corrected chi connectivity index (χ1v) is 13.2. The van der Waals surface area contributed by atoms with Gasteiger partial charge in [0.15, 0.2) is 0 Å². The first-order valence-electron chi connectivity index (χ1n) is 10.0. The standard InChI is InChI=1S/C21H32O6P2.2Na/c1-2-3-4-5-6-7-8-9-10-11-12-15-19-16-13-14-17-20(19)18-21(28(22,23)24)29(25,26)27;;/h13-14,16-18H,2-11H2,1H3,(H2,22,23,24)(H2,25,26,27);;/q;2*+1/p-2. The van der Waals surface area contributed by atoms with Gasteiger partial charge in [-0.05, 0) is 31.7 Å². The molecule has 0 radical (unpaired) electrons. The fourth-order valence-corrected chi connectivity index (χ4v) is 4.76. The van der Waals surface area contributed by atoms with Crippen molar-refractivity contribution in [2.75, 3.05) is 0 Å². The second kappa shape index (κ2) is 18.2. The van der Waals surface area contributed by atoms with Crippen LogP contribution in [0.3, 0.4) is 0 Å². The Kier molecular flexibility index (Phi) is 19.9. The van der Waals surface area contributed by atoms with Crippen molar-refractivity contribution in [2.24, 2.45) is 0 Å². The van der Waals surface area contributed by atoms with Gasteiger partial charge in [0.05, 0.1) is 5.06 Å². The van der Waals surface area contributed by atoms with E-state index >= 15 is 0 Å². The molecule has 1 aromatic carbocycles. The Labute approximate surface area is 230 Å². The molecule has 0 amide bonds. The predicted molar refractivity (Wildman–Crippen MR) is 113 cm³/mol. The van der Waals surface area contributed by atoms with Gasteiger partial charge in [-0.25, -0.2) is 0 Å². The molecule has 0 unspecified atom stereocenters. The molecule has 0 aliphatic carbocycles. The fraction of sp³-hybridized carbons (Fsp3) is 0.524. The molecule has 0 saturated heterocycles. The number of hydrogen-bond acceptors (Lipinski definition) is 4. The minimum absolute atomic E-state index is 0. The maximum absolute atomic E-state index is 11.4. The first kappa shape index (κ1) is 34.0. The maximum Gasteiger partial charge on any atom is 1.00 e. The molecule has 0 aliphatic rings. The van der Waals surface area contributed by atoms with E-state index in [1.54, 1.807) is 18.2 Å². The third kappa shape index (κ3) is 15.4. The SMILES string of the molecule is CCCCCCCCCCCC#Cc1ccccc1C=C(P(=O)([O-])[O-])P(=O)(O)O.[Na+].[Na+]. The van der Waals surface area contributed by atoms with Crippen LogP contribution in [0.5, 0.6) is 0 Å². The summed E-state index contributed by atoms with van der Waals surface area (Å²) in [5.41, 5.74) is 0.611. The van der Waals surface area contributed by atoms with Crippen molar-refractivity contribution in [1.82, 2.24) is 0 Å². The van der Waals surface area contributed by atoms with Gasteiger partial charge in [-0.3, -0.25) is 4.57 Å². The van der Waals surface area contributed by atoms with Crippen LogP contribution in [0.1, 0.15) is 82.3 Å². The van der Waals surface area contributed by atoms with E-state index in [0.29, 0.717) is 12.0 Å². The summed E-state index contributed by atoms with van der Waals surface area (Å²) in [6.45, 7) is 2.21. The monoisotopic (exact) mass is 486 g/mol. The average molecular weight is 486 g/mol. The summed E-state index contributed by atoms with van der Waals surface area (Å²) in [6.07, 6.45) is 12.3. The van der Waals surface area contributed by atoms with Gasteiger partial charge in [0.2, 0.25) is 0 Å². The van der Waals surface area contributed by atoms with E-state index in [0.717, 1.165) is 18.9 Å². The third-order valence-corrected chi connectivity index (χ3v) is 7.39. The van der Waals surface area contributed by atoms with Gasteiger partial charge in [-0.15, -0.1) is 0 Å². The largest absolute Gasteiger partial charge is 1.00 e. The summed E-state index contributed by atoms with van der Waals surface area (Å²) < 4.78 is 22.6. The van der Waals surface area contributed by atoms with Crippen LogP contribution in [-0.2, 0) is 9.13 Å². The number of benzene rings is 1. The van der Waals surface area contributed by atoms with Crippen molar-refractivity contribution >= 4 is 21.3 Å². The Morgan fingerprint density at radius 1 is 0.935 bits per heavy atom. The summed E-state index contributed by atoms with van der Waals surface area (Å²) in [4.78, 5) is 40.8. The van der Waals surface area contributed by atoms with Crippen molar-refractivity contribution < 1.29 is 87.8 Å². The average Bonchev–Trinajstić information content (AvgIpc) is 2.63. The fourth-order valence-electron chi connectivity index (χ4n) is 2.88. The van der Waals surface area contributed by atoms with E-state index in [1.807, 2.05) is 0 Å². The molecule has 0 heterocycles. The second-order valence-corrected chi connectivity index (χ2v) is 10.4. The molecule has 2 N–H and O–H groups in total. The quantitative estimate of drug-likeness (QED) is 0.158. The van der Waals surface area contributed by atoms with E-state index in [1.165, 1.54) is 51.0 Å². The molecule has 0 spiro atoms. The van der Waals surface area contributed by atoms with Crippen LogP contribution in [0.25, 0.3) is 6.08 Å². The molecule has 1 aromatic rings. The second-order valence-electron chi connectivity index (χ2n) is 7.01. The van der Waals surface area contributed by atoms with Gasteiger partial charge >= 0.3 is 66.7 Å². The van der Waals surface area contributed by atoms with Gasteiger partial charge in [0.1, 0.15) is 0 Å². The summed E-state index contributed by atoms with van der Waals surface area (Å²) in [7, 11) is -10.8. The zero-order chi connectivity index (χ0) is 21.8. The summed E-state index contributed by atoms with van der Waals surface area (Å²) in [5, 5.41) is -1.42. The molecule has 0 atom stereocenters. The molecule has 0 aliphatic heterocycles. The zero-order valence-electron chi connectivity index (χ0n) is 18.9. The van der Waals surface area contributed by atoms with Gasteiger partial charge in [-0.2, -0.15) is 0 Å². The Balaban J connectivity index is 0. The molecule has 0 aromatic heterocycles. The van der Waals surface area contributed by atoms with Gasteiger partial charge in [0, 0.05) is 12.0 Å². The number of unbranched alkanes of at least 4 members (excludes halogenated alkanes) is 9.